The molecule has 4 rings (SSSR count). The van der Waals surface area contributed by atoms with E-state index in [4.69, 9.17) is 37.1 Å². The average Bonchev–Trinajstić information content (AvgIpc) is 3.07. The van der Waals surface area contributed by atoms with Gasteiger partial charge in [-0.15, -0.1) is 23.2 Å². The van der Waals surface area contributed by atoms with Crippen molar-refractivity contribution in [2.24, 2.45) is 28.6 Å². The number of methoxy groups -OCH3 is 2. The molecule has 4 aliphatic carbocycles. The second-order valence-corrected chi connectivity index (χ2v) is 19.0. The number of alkyl halides is 2. The van der Waals surface area contributed by atoms with Crippen molar-refractivity contribution in [3.05, 3.63) is 11.6 Å². The predicted molar refractivity (Wildman–Crippen MR) is 140 cm³/mol. The topological polar surface area (TPSA) is 27.7 Å². The second-order valence-electron chi connectivity index (χ2n) is 13.1. The monoisotopic (exact) mass is 516 g/mol. The lowest BCUT2D eigenvalue weighted by Crippen LogP contribution is -2.59. The summed E-state index contributed by atoms with van der Waals surface area (Å²) >= 11 is 13.9. The minimum atomic E-state index is -1.82. The fourth-order valence-corrected chi connectivity index (χ4v) is 10.2. The molecule has 0 saturated heterocycles. The lowest BCUT2D eigenvalue weighted by atomic mass is 9.45. The Morgan fingerprint density at radius 3 is 2.21 bits per heavy atom. The van der Waals surface area contributed by atoms with E-state index in [0.29, 0.717) is 23.9 Å². The molecule has 0 spiro atoms. The summed E-state index contributed by atoms with van der Waals surface area (Å²) in [7, 11) is 1.68. The van der Waals surface area contributed by atoms with Crippen LogP contribution in [0.1, 0.15) is 79.1 Å². The minimum absolute atomic E-state index is 0.0448. The van der Waals surface area contributed by atoms with Gasteiger partial charge in [-0.1, -0.05) is 33.3 Å². The van der Waals surface area contributed by atoms with Crippen LogP contribution in [0.3, 0.4) is 0 Å². The Bertz CT molecular complexity index is 772. The van der Waals surface area contributed by atoms with Crippen molar-refractivity contribution in [3.8, 4) is 0 Å². The maximum Gasteiger partial charge on any atom is 0.192 e. The van der Waals surface area contributed by atoms with Crippen LogP contribution in [0.5, 0.6) is 0 Å². The highest BCUT2D eigenvalue weighted by Gasteiger charge is 2.65. The van der Waals surface area contributed by atoms with E-state index in [-0.39, 0.29) is 20.7 Å². The number of ether oxygens (including phenoxy) is 2. The summed E-state index contributed by atoms with van der Waals surface area (Å²) in [4.78, 5) is -0.348. The van der Waals surface area contributed by atoms with E-state index < -0.39 is 14.1 Å². The van der Waals surface area contributed by atoms with Crippen LogP contribution in [0.4, 0.5) is 0 Å². The molecule has 33 heavy (non-hydrogen) atoms. The van der Waals surface area contributed by atoms with E-state index in [9.17, 15) is 0 Å². The molecule has 3 saturated carbocycles. The number of halogens is 2. The van der Waals surface area contributed by atoms with Gasteiger partial charge >= 0.3 is 0 Å². The van der Waals surface area contributed by atoms with Crippen molar-refractivity contribution in [1.82, 2.24) is 0 Å². The van der Waals surface area contributed by atoms with Gasteiger partial charge in [0, 0.05) is 26.1 Å². The lowest BCUT2D eigenvalue weighted by Gasteiger charge is -2.62. The van der Waals surface area contributed by atoms with Crippen molar-refractivity contribution < 1.29 is 13.9 Å². The van der Waals surface area contributed by atoms with Gasteiger partial charge in [-0.25, -0.2) is 0 Å². The second kappa shape index (κ2) is 8.77. The summed E-state index contributed by atoms with van der Waals surface area (Å²) in [5, 5.41) is 0.235. The van der Waals surface area contributed by atoms with Gasteiger partial charge in [-0.2, -0.15) is 0 Å². The Labute approximate surface area is 213 Å². The third-order valence-electron chi connectivity index (χ3n) is 11.0. The van der Waals surface area contributed by atoms with Crippen LogP contribution in [0, 0.1) is 28.6 Å². The molecule has 0 bridgehead atoms. The highest BCUT2D eigenvalue weighted by molar-refractivity contribution is 6.74. The van der Waals surface area contributed by atoms with E-state index in [0.717, 1.165) is 38.5 Å². The van der Waals surface area contributed by atoms with E-state index in [1.807, 2.05) is 0 Å². The number of rotatable bonds is 5. The zero-order chi connectivity index (χ0) is 24.4. The smallest absolute Gasteiger partial charge is 0.192 e. The lowest BCUT2D eigenvalue weighted by molar-refractivity contribution is -0.188. The van der Waals surface area contributed by atoms with Gasteiger partial charge in [-0.3, -0.25) is 0 Å². The summed E-state index contributed by atoms with van der Waals surface area (Å²) in [6.07, 6.45) is 11.5. The van der Waals surface area contributed by atoms with Crippen LogP contribution in [0.25, 0.3) is 0 Å². The Hall–Kier alpha value is 0.417. The highest BCUT2D eigenvalue weighted by atomic mass is 35.5. The number of allylic oxidation sites excluding steroid dienone is 1. The maximum atomic E-state index is 7.10. The van der Waals surface area contributed by atoms with Gasteiger partial charge in [0.2, 0.25) is 0 Å². The van der Waals surface area contributed by atoms with Crippen molar-refractivity contribution in [2.75, 3.05) is 14.2 Å². The zero-order valence-corrected chi connectivity index (χ0v) is 24.6. The largest absolute Gasteiger partial charge is 0.413 e. The van der Waals surface area contributed by atoms with E-state index in [2.05, 4.69) is 46.9 Å². The Kier molecular flexibility index (Phi) is 7.03. The summed E-state index contributed by atoms with van der Waals surface area (Å²) < 4.78 is 18.7. The molecule has 3 nitrogen and oxygen atoms in total. The maximum absolute atomic E-state index is 7.10. The van der Waals surface area contributed by atoms with Crippen LogP contribution < -0.4 is 0 Å². The molecule has 4 aliphatic rings. The van der Waals surface area contributed by atoms with Gasteiger partial charge in [0.25, 0.3) is 0 Å². The summed E-state index contributed by atoms with van der Waals surface area (Å²) in [6, 6.07) is 0. The third-order valence-corrected chi connectivity index (χ3v) is 16.3. The molecular weight excluding hydrogens is 471 g/mol. The first kappa shape index (κ1) is 26.5. The van der Waals surface area contributed by atoms with E-state index >= 15 is 0 Å². The molecule has 0 unspecified atom stereocenters. The molecule has 6 atom stereocenters. The SMILES string of the molecule is COC1(OC)C=C2CC[C@H]3[C@@H]4CC[C@H](O[Si](C)(C)C(C)(C)C)[C@@]4(C)CC[C@]3(C(Cl)Cl)[C@H]2CC1. The number of hydrogen-bond donors (Lipinski definition) is 0. The molecular formula is C27H46Cl2O3Si. The fourth-order valence-electron chi connectivity index (χ4n) is 7.91. The fraction of sp³-hybridized carbons (Fsp3) is 0.926. The predicted octanol–water partition coefficient (Wildman–Crippen LogP) is 8.11. The molecule has 3 fully saturated rings. The minimum Gasteiger partial charge on any atom is -0.413 e. The molecule has 0 aliphatic heterocycles. The summed E-state index contributed by atoms with van der Waals surface area (Å²) in [5.74, 6) is 1.04. The van der Waals surface area contributed by atoms with Crippen LogP contribution in [-0.2, 0) is 13.9 Å². The highest BCUT2D eigenvalue weighted by Crippen LogP contribution is 2.70. The number of fused-ring (bicyclic) bond motifs is 5. The average molecular weight is 518 g/mol. The van der Waals surface area contributed by atoms with Crippen LogP contribution in [-0.4, -0.2) is 39.3 Å². The molecule has 0 heterocycles. The van der Waals surface area contributed by atoms with Crippen molar-refractivity contribution in [2.45, 2.75) is 114 Å². The quantitative estimate of drug-likeness (QED) is 0.160. The van der Waals surface area contributed by atoms with Gasteiger partial charge in [-0.05, 0) is 92.3 Å². The third kappa shape index (κ3) is 4.02. The Morgan fingerprint density at radius 2 is 1.64 bits per heavy atom. The number of hydrogen-bond acceptors (Lipinski definition) is 3. The molecule has 0 aromatic rings. The van der Waals surface area contributed by atoms with Crippen molar-refractivity contribution in [1.29, 1.82) is 0 Å². The van der Waals surface area contributed by atoms with Gasteiger partial charge in [0.05, 0.1) is 6.10 Å². The molecule has 6 heteroatoms. The van der Waals surface area contributed by atoms with Crippen LogP contribution >= 0.6 is 23.2 Å². The van der Waals surface area contributed by atoms with Gasteiger partial charge in [0.1, 0.15) is 4.84 Å². The van der Waals surface area contributed by atoms with Crippen molar-refractivity contribution >= 4 is 31.5 Å². The Balaban J connectivity index is 1.65. The molecule has 0 aromatic heterocycles. The van der Waals surface area contributed by atoms with Gasteiger partial charge in [0.15, 0.2) is 14.1 Å². The molecule has 0 aromatic carbocycles. The van der Waals surface area contributed by atoms with E-state index in [1.165, 1.54) is 18.4 Å². The Morgan fingerprint density at radius 1 is 0.970 bits per heavy atom. The van der Waals surface area contributed by atoms with Crippen LogP contribution in [0.2, 0.25) is 18.1 Å². The molecule has 190 valence electrons. The summed E-state index contributed by atoms with van der Waals surface area (Å²) in [6.45, 7) is 14.4. The zero-order valence-electron chi connectivity index (χ0n) is 22.1. The van der Waals surface area contributed by atoms with Crippen molar-refractivity contribution in [3.63, 3.8) is 0 Å². The van der Waals surface area contributed by atoms with E-state index in [1.54, 1.807) is 14.2 Å². The first-order chi connectivity index (χ1) is 15.3. The normalized spacial score (nSPS) is 40.8. The summed E-state index contributed by atoms with van der Waals surface area (Å²) in [5.41, 5.74) is 1.64. The first-order valence-electron chi connectivity index (χ1n) is 13.0. The molecule has 0 amide bonds. The standard InChI is InChI=1S/C27H46Cl2O3Si/c1-24(2,3)33(7,8)32-22-12-11-20-21-10-9-18-17-26(30-5,31-6)14-13-19(18)27(21,23(28)29)16-15-25(20,22)4/h17,19-23H,9-16H2,1-8H3/t19-,20-,21-,22-,25-,27-/m0/s1. The van der Waals surface area contributed by atoms with Crippen LogP contribution in [0.15, 0.2) is 11.6 Å². The molecule has 0 radical (unpaired) electrons. The molecule has 0 N–H and O–H groups in total. The first-order valence-corrected chi connectivity index (χ1v) is 16.8. The van der Waals surface area contributed by atoms with Gasteiger partial charge < -0.3 is 13.9 Å².